The molecule has 2 rings (SSSR count). The smallest absolute Gasteiger partial charge is 0.231 e. The van der Waals surface area contributed by atoms with Crippen molar-refractivity contribution in [2.75, 3.05) is 6.79 Å². The molecule has 0 bridgehead atoms. The number of fused-ring (bicyclic) bond motifs is 1. The fourth-order valence-corrected chi connectivity index (χ4v) is 1.28. The maximum atomic E-state index is 5.61. The fraction of sp³-hybridized carbons (Fsp3) is 0.273. The molecule has 2 N–H and O–H groups in total. The van der Waals surface area contributed by atoms with Crippen molar-refractivity contribution in [1.82, 2.24) is 0 Å². The second-order valence-electron chi connectivity index (χ2n) is 3.33. The van der Waals surface area contributed by atoms with Crippen LogP contribution in [0.3, 0.4) is 0 Å². The molecule has 3 heteroatoms. The van der Waals surface area contributed by atoms with Crippen LogP contribution < -0.4 is 15.2 Å². The summed E-state index contributed by atoms with van der Waals surface area (Å²) >= 11 is 0. The zero-order valence-electron chi connectivity index (χ0n) is 8.07. The van der Waals surface area contributed by atoms with Crippen LogP contribution >= 0.6 is 0 Å². The standard InChI is InChI=1S/C11H13NO2/c1-8(12)2-3-9-4-5-10-11(6-9)14-7-13-10/h2-6,8H,7,12H2,1H3/b3-2+. The lowest BCUT2D eigenvalue weighted by atomic mass is 10.1. The molecular formula is C11H13NO2. The first-order valence-electron chi connectivity index (χ1n) is 4.59. The highest BCUT2D eigenvalue weighted by Gasteiger charge is 2.11. The first-order chi connectivity index (χ1) is 6.75. The van der Waals surface area contributed by atoms with Gasteiger partial charge >= 0.3 is 0 Å². The van der Waals surface area contributed by atoms with E-state index in [1.807, 2.05) is 37.3 Å². The lowest BCUT2D eigenvalue weighted by Crippen LogP contribution is -2.09. The van der Waals surface area contributed by atoms with Gasteiger partial charge in [-0.3, -0.25) is 0 Å². The quantitative estimate of drug-likeness (QED) is 0.774. The van der Waals surface area contributed by atoms with E-state index in [-0.39, 0.29) is 6.04 Å². The molecule has 3 nitrogen and oxygen atoms in total. The van der Waals surface area contributed by atoms with Crippen molar-refractivity contribution in [1.29, 1.82) is 0 Å². The molecule has 0 spiro atoms. The van der Waals surface area contributed by atoms with Gasteiger partial charge in [0, 0.05) is 6.04 Å². The number of rotatable bonds is 2. The first kappa shape index (κ1) is 9.09. The average Bonchev–Trinajstić information content (AvgIpc) is 2.61. The minimum absolute atomic E-state index is 0.0698. The minimum atomic E-state index is 0.0698. The molecule has 0 amide bonds. The number of hydrogen-bond acceptors (Lipinski definition) is 3. The summed E-state index contributed by atoms with van der Waals surface area (Å²) in [6.45, 7) is 2.25. The van der Waals surface area contributed by atoms with E-state index in [4.69, 9.17) is 15.2 Å². The van der Waals surface area contributed by atoms with E-state index in [1.165, 1.54) is 0 Å². The lowest BCUT2D eigenvalue weighted by molar-refractivity contribution is 0.174. The Labute approximate surface area is 83.1 Å². The van der Waals surface area contributed by atoms with Gasteiger partial charge < -0.3 is 15.2 Å². The highest BCUT2D eigenvalue weighted by atomic mass is 16.7. The Morgan fingerprint density at radius 2 is 2.14 bits per heavy atom. The summed E-state index contributed by atoms with van der Waals surface area (Å²) in [4.78, 5) is 0. The third-order valence-electron chi connectivity index (χ3n) is 1.99. The van der Waals surface area contributed by atoms with Crippen LogP contribution in [0.4, 0.5) is 0 Å². The molecule has 14 heavy (non-hydrogen) atoms. The van der Waals surface area contributed by atoms with E-state index in [0.717, 1.165) is 17.1 Å². The van der Waals surface area contributed by atoms with E-state index in [2.05, 4.69) is 0 Å². The molecular weight excluding hydrogens is 178 g/mol. The summed E-state index contributed by atoms with van der Waals surface area (Å²) < 4.78 is 10.5. The maximum Gasteiger partial charge on any atom is 0.231 e. The van der Waals surface area contributed by atoms with Crippen molar-refractivity contribution >= 4 is 6.08 Å². The Morgan fingerprint density at radius 3 is 2.93 bits per heavy atom. The SMILES string of the molecule is CC(N)/C=C/c1ccc2c(c1)OCO2. The molecule has 1 aliphatic heterocycles. The third kappa shape index (κ3) is 1.88. The van der Waals surface area contributed by atoms with Crippen molar-refractivity contribution in [3.8, 4) is 11.5 Å². The molecule has 1 aliphatic rings. The van der Waals surface area contributed by atoms with Gasteiger partial charge in [-0.1, -0.05) is 18.2 Å². The zero-order chi connectivity index (χ0) is 9.97. The summed E-state index contributed by atoms with van der Waals surface area (Å²) in [7, 11) is 0. The van der Waals surface area contributed by atoms with Crippen molar-refractivity contribution in [3.63, 3.8) is 0 Å². The predicted molar refractivity (Wildman–Crippen MR) is 55.2 cm³/mol. The number of nitrogens with two attached hydrogens (primary N) is 1. The highest BCUT2D eigenvalue weighted by molar-refractivity contribution is 5.56. The van der Waals surface area contributed by atoms with Gasteiger partial charge in [-0.15, -0.1) is 0 Å². The van der Waals surface area contributed by atoms with Gasteiger partial charge in [-0.25, -0.2) is 0 Å². The molecule has 74 valence electrons. The summed E-state index contributed by atoms with van der Waals surface area (Å²) in [6.07, 6.45) is 3.92. The Kier molecular flexibility index (Phi) is 2.41. The molecule has 0 aliphatic carbocycles. The summed E-state index contributed by atoms with van der Waals surface area (Å²) in [5.74, 6) is 1.61. The second-order valence-corrected chi connectivity index (χ2v) is 3.33. The van der Waals surface area contributed by atoms with Crippen LogP contribution in [-0.4, -0.2) is 12.8 Å². The topological polar surface area (TPSA) is 44.5 Å². The van der Waals surface area contributed by atoms with Gasteiger partial charge in [0.15, 0.2) is 11.5 Å². The van der Waals surface area contributed by atoms with Crippen molar-refractivity contribution in [3.05, 3.63) is 29.8 Å². The highest BCUT2D eigenvalue weighted by Crippen LogP contribution is 2.32. The molecule has 1 aromatic carbocycles. The van der Waals surface area contributed by atoms with Crippen LogP contribution in [0.1, 0.15) is 12.5 Å². The Bertz CT molecular complexity index is 358. The summed E-state index contributed by atoms with van der Waals surface area (Å²) in [6, 6.07) is 5.90. The molecule has 1 heterocycles. The van der Waals surface area contributed by atoms with E-state index in [9.17, 15) is 0 Å². The van der Waals surface area contributed by atoms with Gasteiger partial charge in [0.05, 0.1) is 0 Å². The third-order valence-corrected chi connectivity index (χ3v) is 1.99. The molecule has 0 saturated heterocycles. The van der Waals surface area contributed by atoms with Crippen molar-refractivity contribution < 1.29 is 9.47 Å². The van der Waals surface area contributed by atoms with Crippen LogP contribution in [0, 0.1) is 0 Å². The average molecular weight is 191 g/mol. The van der Waals surface area contributed by atoms with Crippen LogP contribution in [0.15, 0.2) is 24.3 Å². The number of ether oxygens (including phenoxy) is 2. The minimum Gasteiger partial charge on any atom is -0.454 e. The van der Waals surface area contributed by atoms with Crippen LogP contribution in [0.5, 0.6) is 11.5 Å². The molecule has 1 atom stereocenters. The Morgan fingerprint density at radius 1 is 1.36 bits per heavy atom. The van der Waals surface area contributed by atoms with Gasteiger partial charge in [0.2, 0.25) is 6.79 Å². The van der Waals surface area contributed by atoms with Gasteiger partial charge in [-0.2, -0.15) is 0 Å². The Balaban J connectivity index is 2.20. The van der Waals surface area contributed by atoms with Gasteiger partial charge in [0.25, 0.3) is 0 Å². The normalized spacial score (nSPS) is 16.1. The molecule has 0 saturated carbocycles. The molecule has 1 unspecified atom stereocenters. The lowest BCUT2D eigenvalue weighted by Gasteiger charge is -1.98. The number of benzene rings is 1. The van der Waals surface area contributed by atoms with Gasteiger partial charge in [-0.05, 0) is 24.6 Å². The van der Waals surface area contributed by atoms with E-state index in [0.29, 0.717) is 6.79 Å². The van der Waals surface area contributed by atoms with Crippen LogP contribution in [-0.2, 0) is 0 Å². The van der Waals surface area contributed by atoms with Crippen molar-refractivity contribution in [2.24, 2.45) is 5.73 Å². The van der Waals surface area contributed by atoms with E-state index < -0.39 is 0 Å². The van der Waals surface area contributed by atoms with Crippen LogP contribution in [0.2, 0.25) is 0 Å². The summed E-state index contributed by atoms with van der Waals surface area (Å²) in [5.41, 5.74) is 6.69. The molecule has 0 fully saturated rings. The maximum absolute atomic E-state index is 5.61. The second kappa shape index (κ2) is 3.72. The Hall–Kier alpha value is -1.48. The summed E-state index contributed by atoms with van der Waals surface area (Å²) in [5, 5.41) is 0. The van der Waals surface area contributed by atoms with Gasteiger partial charge in [0.1, 0.15) is 0 Å². The van der Waals surface area contributed by atoms with E-state index >= 15 is 0 Å². The molecule has 1 aromatic rings. The molecule has 0 radical (unpaired) electrons. The van der Waals surface area contributed by atoms with E-state index in [1.54, 1.807) is 0 Å². The fourth-order valence-electron chi connectivity index (χ4n) is 1.28. The first-order valence-corrected chi connectivity index (χ1v) is 4.59. The van der Waals surface area contributed by atoms with Crippen molar-refractivity contribution in [2.45, 2.75) is 13.0 Å². The molecule has 0 aromatic heterocycles. The van der Waals surface area contributed by atoms with Crippen LogP contribution in [0.25, 0.3) is 6.08 Å². The zero-order valence-corrected chi connectivity index (χ0v) is 8.07. The predicted octanol–water partition coefficient (Wildman–Crippen LogP) is 1.78. The monoisotopic (exact) mass is 191 g/mol. The number of hydrogen-bond donors (Lipinski definition) is 1. The largest absolute Gasteiger partial charge is 0.454 e.